The molecule has 0 bridgehead atoms. The number of aromatic nitrogens is 2. The van der Waals surface area contributed by atoms with E-state index in [1.807, 2.05) is 0 Å². The topological polar surface area (TPSA) is 84.3 Å². The van der Waals surface area contributed by atoms with Gasteiger partial charge in [0.15, 0.2) is 5.82 Å². The largest absolute Gasteiger partial charge is 0.444 e. The minimum Gasteiger partial charge on any atom is -0.444 e. The van der Waals surface area contributed by atoms with Gasteiger partial charge in [-0.1, -0.05) is 35.3 Å². The number of nitrogens with one attached hydrogen (secondary N) is 1. The second kappa shape index (κ2) is 7.34. The third-order valence-electron chi connectivity index (χ3n) is 2.81. The number of carbonyl (C=O) groups is 1. The van der Waals surface area contributed by atoms with Crippen LogP contribution in [-0.2, 0) is 11.3 Å². The fourth-order valence-corrected chi connectivity index (χ4v) is 2.26. The van der Waals surface area contributed by atoms with Crippen molar-refractivity contribution in [1.29, 1.82) is 0 Å². The molecule has 0 atom stereocenters. The third-order valence-corrected chi connectivity index (χ3v) is 3.63. The molecule has 2 N–H and O–H groups in total. The first-order chi connectivity index (χ1) is 11.2. The Morgan fingerprint density at radius 2 is 2.04 bits per heavy atom. The van der Waals surface area contributed by atoms with Crippen molar-refractivity contribution in [1.82, 2.24) is 9.97 Å². The van der Waals surface area contributed by atoms with E-state index in [2.05, 4.69) is 15.3 Å². The van der Waals surface area contributed by atoms with Gasteiger partial charge in [0.25, 0.3) is 0 Å². The third kappa shape index (κ3) is 4.56. The molecule has 0 radical (unpaired) electrons. The van der Waals surface area contributed by atoms with Gasteiger partial charge < -0.3 is 9.84 Å². The van der Waals surface area contributed by atoms with Crippen LogP contribution in [0.5, 0.6) is 0 Å². The zero-order chi connectivity index (χ0) is 17.9. The molecule has 0 aliphatic carbocycles. The summed E-state index contributed by atoms with van der Waals surface area (Å²) in [5, 5.41) is 12.4. The molecule has 0 spiro atoms. The summed E-state index contributed by atoms with van der Waals surface area (Å²) in [6.45, 7) is 4.92. The van der Waals surface area contributed by atoms with Gasteiger partial charge in [-0.3, -0.25) is 10.3 Å². The van der Waals surface area contributed by atoms with Crippen molar-refractivity contribution in [2.24, 2.45) is 0 Å². The summed E-state index contributed by atoms with van der Waals surface area (Å²) in [4.78, 5) is 20.5. The molecule has 24 heavy (non-hydrogen) atoms. The van der Waals surface area contributed by atoms with E-state index >= 15 is 0 Å². The quantitative estimate of drug-likeness (QED) is 0.842. The number of aliphatic hydroxyl groups is 1. The number of aliphatic hydroxyl groups excluding tert-OH is 1. The molecule has 8 heteroatoms. The van der Waals surface area contributed by atoms with Gasteiger partial charge in [0, 0.05) is 5.56 Å². The molecular weight excluding hydrogens is 353 g/mol. The highest BCUT2D eigenvalue weighted by Gasteiger charge is 2.20. The van der Waals surface area contributed by atoms with Crippen LogP contribution in [0.1, 0.15) is 26.5 Å². The number of anilines is 1. The molecule has 6 nitrogen and oxygen atoms in total. The van der Waals surface area contributed by atoms with Gasteiger partial charge >= 0.3 is 6.09 Å². The van der Waals surface area contributed by atoms with E-state index in [1.165, 1.54) is 6.20 Å². The summed E-state index contributed by atoms with van der Waals surface area (Å²) in [7, 11) is 0. The Bertz CT molecular complexity index is 761. The van der Waals surface area contributed by atoms with E-state index < -0.39 is 11.7 Å². The number of hydrogen-bond donors (Lipinski definition) is 2. The first-order valence-corrected chi connectivity index (χ1v) is 7.88. The maximum Gasteiger partial charge on any atom is 0.413 e. The highest BCUT2D eigenvalue weighted by molar-refractivity contribution is 6.43. The highest BCUT2D eigenvalue weighted by Crippen LogP contribution is 2.35. The minimum atomic E-state index is -0.689. The van der Waals surface area contributed by atoms with Gasteiger partial charge in [0.2, 0.25) is 0 Å². The first-order valence-electron chi connectivity index (χ1n) is 7.12. The van der Waals surface area contributed by atoms with Crippen LogP contribution in [0.4, 0.5) is 10.6 Å². The van der Waals surface area contributed by atoms with Crippen molar-refractivity contribution in [3.63, 3.8) is 0 Å². The van der Waals surface area contributed by atoms with Crippen molar-refractivity contribution < 1.29 is 14.6 Å². The number of amides is 1. The predicted molar refractivity (Wildman–Crippen MR) is 93.3 cm³/mol. The van der Waals surface area contributed by atoms with Gasteiger partial charge in [-0.2, -0.15) is 0 Å². The highest BCUT2D eigenvalue weighted by atomic mass is 35.5. The van der Waals surface area contributed by atoms with E-state index in [4.69, 9.17) is 27.9 Å². The van der Waals surface area contributed by atoms with Gasteiger partial charge in [-0.05, 0) is 26.8 Å². The maximum atomic E-state index is 12.0. The van der Waals surface area contributed by atoms with Crippen LogP contribution in [0.3, 0.4) is 0 Å². The van der Waals surface area contributed by atoms with E-state index in [9.17, 15) is 9.90 Å². The van der Waals surface area contributed by atoms with Gasteiger partial charge in [0.1, 0.15) is 11.3 Å². The zero-order valence-electron chi connectivity index (χ0n) is 13.4. The Labute approximate surface area is 149 Å². The van der Waals surface area contributed by atoms with Gasteiger partial charge in [0.05, 0.1) is 28.5 Å². The van der Waals surface area contributed by atoms with Crippen molar-refractivity contribution >= 4 is 35.1 Å². The SMILES string of the molecule is CC(C)(C)OC(=O)Nc1nc(CO)cnc1-c1cccc(Cl)c1Cl. The molecule has 0 saturated heterocycles. The van der Waals surface area contributed by atoms with Crippen LogP contribution in [0, 0.1) is 0 Å². The average molecular weight is 370 g/mol. The molecule has 0 aliphatic rings. The Hall–Kier alpha value is -1.89. The lowest BCUT2D eigenvalue weighted by atomic mass is 10.1. The number of halogens is 2. The number of hydrogen-bond acceptors (Lipinski definition) is 5. The van der Waals surface area contributed by atoms with Crippen molar-refractivity contribution in [3.8, 4) is 11.3 Å². The number of carbonyl (C=O) groups excluding carboxylic acids is 1. The summed E-state index contributed by atoms with van der Waals surface area (Å²) < 4.78 is 5.22. The Kier molecular flexibility index (Phi) is 5.64. The minimum absolute atomic E-state index is 0.125. The van der Waals surface area contributed by atoms with Crippen molar-refractivity contribution in [2.45, 2.75) is 33.0 Å². The fourth-order valence-electron chi connectivity index (χ4n) is 1.87. The standard InChI is InChI=1S/C16H17Cl2N3O3/c1-16(2,3)24-15(23)21-14-13(19-7-9(8-22)20-14)10-5-4-6-11(17)12(10)18/h4-7,22H,8H2,1-3H3,(H,20,21,23). The van der Waals surface area contributed by atoms with Crippen LogP contribution < -0.4 is 5.32 Å². The molecule has 128 valence electrons. The number of rotatable bonds is 3. The molecule has 1 aromatic heterocycles. The van der Waals surface area contributed by atoms with Crippen LogP contribution in [0.15, 0.2) is 24.4 Å². The molecule has 0 aliphatic heterocycles. The lowest BCUT2D eigenvalue weighted by Gasteiger charge is -2.20. The summed E-state index contributed by atoms with van der Waals surface area (Å²) in [6.07, 6.45) is 0.707. The molecule has 1 amide bonds. The molecule has 0 fully saturated rings. The first kappa shape index (κ1) is 18.4. The summed E-state index contributed by atoms with van der Waals surface area (Å²) in [5.74, 6) is 0.125. The van der Waals surface area contributed by atoms with Crippen LogP contribution in [-0.4, -0.2) is 26.8 Å². The molecular formula is C16H17Cl2N3O3. The van der Waals surface area contributed by atoms with Crippen LogP contribution in [0.25, 0.3) is 11.3 Å². The molecule has 0 unspecified atom stereocenters. The molecule has 1 heterocycles. The summed E-state index contributed by atoms with van der Waals surface area (Å²) in [5.41, 5.74) is 0.459. The maximum absolute atomic E-state index is 12.0. The van der Waals surface area contributed by atoms with E-state index in [0.29, 0.717) is 22.0 Å². The summed E-state index contributed by atoms with van der Waals surface area (Å²) in [6, 6.07) is 5.06. The Balaban J connectivity index is 2.45. The van der Waals surface area contributed by atoms with Crippen LogP contribution in [0.2, 0.25) is 10.0 Å². The Morgan fingerprint density at radius 3 is 2.67 bits per heavy atom. The molecule has 1 aromatic carbocycles. The smallest absolute Gasteiger partial charge is 0.413 e. The van der Waals surface area contributed by atoms with Gasteiger partial charge in [-0.25, -0.2) is 9.78 Å². The molecule has 2 aromatic rings. The lowest BCUT2D eigenvalue weighted by molar-refractivity contribution is 0.0635. The zero-order valence-corrected chi connectivity index (χ0v) is 14.9. The number of ether oxygens (including phenoxy) is 1. The Morgan fingerprint density at radius 1 is 1.33 bits per heavy atom. The number of benzene rings is 1. The average Bonchev–Trinajstić information content (AvgIpc) is 2.48. The fraction of sp³-hybridized carbons (Fsp3) is 0.312. The van der Waals surface area contributed by atoms with Crippen molar-refractivity contribution in [2.75, 3.05) is 5.32 Å². The van der Waals surface area contributed by atoms with E-state index in [0.717, 1.165) is 0 Å². The normalized spacial score (nSPS) is 11.2. The molecule has 0 saturated carbocycles. The van der Waals surface area contributed by atoms with E-state index in [-0.39, 0.29) is 17.4 Å². The monoisotopic (exact) mass is 369 g/mol. The summed E-state index contributed by atoms with van der Waals surface area (Å²) >= 11 is 12.3. The number of nitrogens with zero attached hydrogens (tertiary/aromatic N) is 2. The van der Waals surface area contributed by atoms with Crippen molar-refractivity contribution in [3.05, 3.63) is 40.1 Å². The second-order valence-corrected chi connectivity index (χ2v) is 6.73. The van der Waals surface area contributed by atoms with E-state index in [1.54, 1.807) is 39.0 Å². The van der Waals surface area contributed by atoms with Crippen LogP contribution >= 0.6 is 23.2 Å². The molecule has 2 rings (SSSR count). The lowest BCUT2D eigenvalue weighted by Crippen LogP contribution is -2.28. The second-order valence-electron chi connectivity index (χ2n) is 5.94. The predicted octanol–water partition coefficient (Wildman–Crippen LogP) is 4.29. The van der Waals surface area contributed by atoms with Gasteiger partial charge in [-0.15, -0.1) is 0 Å².